The second kappa shape index (κ2) is 8.38. The molecule has 1 aromatic heterocycles. The number of nitrogens with zero attached hydrogens (tertiary/aromatic N) is 2. The number of hydrogen-bond donors (Lipinski definition) is 2. The van der Waals surface area contributed by atoms with Gasteiger partial charge < -0.3 is 15.2 Å². The number of carbonyl (C=O) groups excluding carboxylic acids is 2. The summed E-state index contributed by atoms with van der Waals surface area (Å²) in [7, 11) is 0. The molecule has 0 bridgehead atoms. The van der Waals surface area contributed by atoms with E-state index in [2.05, 4.69) is 15.2 Å². The Hall–Kier alpha value is -3.41. The molecule has 0 atom stereocenters. The highest BCUT2D eigenvalue weighted by atomic mass is 16.2. The monoisotopic (exact) mass is 414 g/mol. The number of imidazole rings is 1. The van der Waals surface area contributed by atoms with Gasteiger partial charge in [0.2, 0.25) is 0 Å². The van der Waals surface area contributed by atoms with Gasteiger partial charge in [-0.25, -0.2) is 4.98 Å². The minimum absolute atomic E-state index is 0.0627. The highest BCUT2D eigenvalue weighted by Crippen LogP contribution is 2.28. The number of fused-ring (bicyclic) bond motifs is 1. The van der Waals surface area contributed by atoms with Crippen molar-refractivity contribution in [2.45, 2.75) is 51.1 Å². The molecule has 6 heteroatoms. The molecule has 0 saturated heterocycles. The number of anilines is 1. The van der Waals surface area contributed by atoms with Crippen LogP contribution in [0.15, 0.2) is 54.6 Å². The Morgan fingerprint density at radius 2 is 1.68 bits per heavy atom. The summed E-state index contributed by atoms with van der Waals surface area (Å²) in [4.78, 5) is 30.1. The lowest BCUT2D eigenvalue weighted by atomic mass is 10.1. The van der Waals surface area contributed by atoms with Crippen molar-refractivity contribution >= 4 is 17.5 Å². The van der Waals surface area contributed by atoms with Crippen LogP contribution in [0, 0.1) is 0 Å². The Kier molecular flexibility index (Phi) is 5.28. The first-order chi connectivity index (χ1) is 15.2. The van der Waals surface area contributed by atoms with Gasteiger partial charge in [0.15, 0.2) is 0 Å². The standard InChI is InChI=1S/C25H26N4O2/c30-24(26-20-14-15-20)18-10-12-19(13-11-18)27-25(31)22-21-9-5-2-6-16-29(21)23(28-22)17-7-3-1-4-8-17/h1,3-4,7-8,10-13,20H,2,5-6,9,14-16H2,(H,26,30)(H,27,31). The molecule has 1 fully saturated rings. The van der Waals surface area contributed by atoms with Crippen LogP contribution in [-0.2, 0) is 13.0 Å². The Morgan fingerprint density at radius 1 is 0.903 bits per heavy atom. The van der Waals surface area contributed by atoms with Crippen molar-refractivity contribution in [3.05, 3.63) is 71.5 Å². The van der Waals surface area contributed by atoms with Crippen LogP contribution < -0.4 is 10.6 Å². The zero-order valence-electron chi connectivity index (χ0n) is 17.4. The zero-order chi connectivity index (χ0) is 21.2. The molecular formula is C25H26N4O2. The Morgan fingerprint density at radius 3 is 2.42 bits per heavy atom. The quantitative estimate of drug-likeness (QED) is 0.649. The number of aromatic nitrogens is 2. The molecule has 3 aromatic rings. The van der Waals surface area contributed by atoms with Gasteiger partial charge in [0.05, 0.1) is 5.69 Å². The van der Waals surface area contributed by atoms with Gasteiger partial charge in [-0.05, 0) is 56.4 Å². The molecular weight excluding hydrogens is 388 g/mol. The summed E-state index contributed by atoms with van der Waals surface area (Å²) in [5.74, 6) is 0.588. The number of amides is 2. The van der Waals surface area contributed by atoms with Gasteiger partial charge in [-0.3, -0.25) is 9.59 Å². The predicted octanol–water partition coefficient (Wildman–Crippen LogP) is 4.42. The van der Waals surface area contributed by atoms with E-state index in [9.17, 15) is 9.59 Å². The van der Waals surface area contributed by atoms with Crippen molar-refractivity contribution in [1.29, 1.82) is 0 Å². The van der Waals surface area contributed by atoms with Crippen molar-refractivity contribution < 1.29 is 9.59 Å². The molecule has 2 aliphatic rings. The lowest BCUT2D eigenvalue weighted by Crippen LogP contribution is -2.25. The SMILES string of the molecule is O=C(NC1CC1)c1ccc(NC(=O)c2nc(-c3ccccc3)n3c2CCCCC3)cc1. The van der Waals surface area contributed by atoms with Crippen LogP contribution in [0.1, 0.15) is 58.6 Å². The summed E-state index contributed by atoms with van der Waals surface area (Å²) in [6.45, 7) is 0.880. The van der Waals surface area contributed by atoms with Crippen molar-refractivity contribution in [2.75, 3.05) is 5.32 Å². The smallest absolute Gasteiger partial charge is 0.276 e. The van der Waals surface area contributed by atoms with Crippen LogP contribution >= 0.6 is 0 Å². The van der Waals surface area contributed by atoms with Crippen molar-refractivity contribution in [1.82, 2.24) is 14.9 Å². The summed E-state index contributed by atoms with van der Waals surface area (Å²) < 4.78 is 2.21. The van der Waals surface area contributed by atoms with E-state index in [-0.39, 0.29) is 11.8 Å². The fourth-order valence-electron chi connectivity index (χ4n) is 4.10. The average molecular weight is 415 g/mol. The van der Waals surface area contributed by atoms with Gasteiger partial charge in [-0.1, -0.05) is 36.8 Å². The summed E-state index contributed by atoms with van der Waals surface area (Å²) in [5, 5.41) is 5.94. The van der Waals surface area contributed by atoms with Crippen LogP contribution in [0.2, 0.25) is 0 Å². The molecule has 31 heavy (non-hydrogen) atoms. The maximum absolute atomic E-state index is 13.1. The number of rotatable bonds is 5. The Bertz CT molecular complexity index is 1100. The third kappa shape index (κ3) is 4.24. The molecule has 158 valence electrons. The van der Waals surface area contributed by atoms with Gasteiger partial charge >= 0.3 is 0 Å². The van der Waals surface area contributed by atoms with E-state index in [4.69, 9.17) is 4.98 Å². The van der Waals surface area contributed by atoms with Crippen molar-refractivity contribution in [3.63, 3.8) is 0 Å². The second-order valence-electron chi connectivity index (χ2n) is 8.34. The molecule has 6 nitrogen and oxygen atoms in total. The Labute approximate surface area is 181 Å². The maximum Gasteiger partial charge on any atom is 0.276 e. The predicted molar refractivity (Wildman–Crippen MR) is 120 cm³/mol. The maximum atomic E-state index is 13.1. The third-order valence-corrected chi connectivity index (χ3v) is 5.93. The molecule has 1 aliphatic heterocycles. The van der Waals surface area contributed by atoms with Gasteiger partial charge in [-0.15, -0.1) is 0 Å². The van der Waals surface area contributed by atoms with Gasteiger partial charge in [0.1, 0.15) is 11.5 Å². The second-order valence-corrected chi connectivity index (χ2v) is 8.34. The van der Waals surface area contributed by atoms with Gasteiger partial charge in [0, 0.05) is 29.4 Å². The highest BCUT2D eigenvalue weighted by Gasteiger charge is 2.25. The first kappa shape index (κ1) is 19.5. The average Bonchev–Trinajstić information content (AvgIpc) is 3.58. The van der Waals surface area contributed by atoms with E-state index in [0.29, 0.717) is 23.0 Å². The fourth-order valence-corrected chi connectivity index (χ4v) is 4.10. The molecule has 0 unspecified atom stereocenters. The zero-order valence-corrected chi connectivity index (χ0v) is 17.4. The minimum atomic E-state index is -0.206. The first-order valence-corrected chi connectivity index (χ1v) is 11.1. The van der Waals surface area contributed by atoms with E-state index in [0.717, 1.165) is 62.2 Å². The molecule has 1 aliphatic carbocycles. The lowest BCUT2D eigenvalue weighted by molar-refractivity contribution is 0.0950. The number of benzene rings is 2. The van der Waals surface area contributed by atoms with E-state index < -0.39 is 0 Å². The summed E-state index contributed by atoms with van der Waals surface area (Å²) >= 11 is 0. The van der Waals surface area contributed by atoms with E-state index >= 15 is 0 Å². The number of nitrogens with one attached hydrogen (secondary N) is 2. The van der Waals surface area contributed by atoms with E-state index in [1.807, 2.05) is 30.3 Å². The first-order valence-electron chi connectivity index (χ1n) is 11.1. The minimum Gasteiger partial charge on any atom is -0.349 e. The van der Waals surface area contributed by atoms with Crippen molar-refractivity contribution in [3.8, 4) is 11.4 Å². The largest absolute Gasteiger partial charge is 0.349 e. The van der Waals surface area contributed by atoms with Gasteiger partial charge in [0.25, 0.3) is 11.8 Å². The van der Waals surface area contributed by atoms with Crippen LogP contribution in [0.4, 0.5) is 5.69 Å². The van der Waals surface area contributed by atoms with E-state index in [1.165, 1.54) is 0 Å². The summed E-state index contributed by atoms with van der Waals surface area (Å²) in [6, 6.07) is 17.4. The Balaban J connectivity index is 1.39. The topological polar surface area (TPSA) is 76.0 Å². The van der Waals surface area contributed by atoms with E-state index in [1.54, 1.807) is 24.3 Å². The molecule has 0 radical (unpaired) electrons. The van der Waals surface area contributed by atoms with Crippen LogP contribution in [-0.4, -0.2) is 27.4 Å². The normalized spacial score (nSPS) is 15.6. The molecule has 2 aromatic carbocycles. The highest BCUT2D eigenvalue weighted by molar-refractivity contribution is 6.04. The number of carbonyl (C=O) groups is 2. The molecule has 2 amide bonds. The van der Waals surface area contributed by atoms with Crippen LogP contribution in [0.25, 0.3) is 11.4 Å². The van der Waals surface area contributed by atoms with Gasteiger partial charge in [-0.2, -0.15) is 0 Å². The van der Waals surface area contributed by atoms with Crippen LogP contribution in [0.3, 0.4) is 0 Å². The lowest BCUT2D eigenvalue weighted by Gasteiger charge is -2.09. The number of hydrogen-bond acceptors (Lipinski definition) is 3. The third-order valence-electron chi connectivity index (χ3n) is 5.93. The molecule has 0 spiro atoms. The molecule has 2 N–H and O–H groups in total. The summed E-state index contributed by atoms with van der Waals surface area (Å²) in [6.07, 6.45) is 6.27. The van der Waals surface area contributed by atoms with Crippen molar-refractivity contribution in [2.24, 2.45) is 0 Å². The molecule has 1 saturated carbocycles. The van der Waals surface area contributed by atoms with Crippen LogP contribution in [0.5, 0.6) is 0 Å². The molecule has 5 rings (SSSR count). The fraction of sp³-hybridized carbons (Fsp3) is 0.320. The molecule has 2 heterocycles. The summed E-state index contributed by atoms with van der Waals surface area (Å²) in [5.41, 5.74) is 3.79.